The van der Waals surface area contributed by atoms with Crippen molar-refractivity contribution in [2.75, 3.05) is 6.61 Å². The molecule has 0 aromatic heterocycles. The minimum atomic E-state index is 0.111. The molecule has 0 saturated heterocycles. The number of hydrogen-bond donors (Lipinski definition) is 0. The molecule has 0 aromatic rings. The van der Waals surface area contributed by atoms with Gasteiger partial charge < -0.3 is 4.74 Å². The summed E-state index contributed by atoms with van der Waals surface area (Å²) < 4.78 is 5.48. The molecule has 0 unspecified atom stereocenters. The molecule has 0 heterocycles. The average molecular weight is 196 g/mol. The zero-order valence-electron chi connectivity index (χ0n) is 9.64. The highest BCUT2D eigenvalue weighted by molar-refractivity contribution is 5.95. The number of allylic oxidation sites excluding steroid dienone is 2. The van der Waals surface area contributed by atoms with Gasteiger partial charge in [-0.25, -0.2) is 0 Å². The van der Waals surface area contributed by atoms with Crippen LogP contribution < -0.4 is 0 Å². The molecular weight excluding hydrogens is 176 g/mol. The van der Waals surface area contributed by atoms with Crippen LogP contribution in [0.3, 0.4) is 0 Å². The average Bonchev–Trinajstić information content (AvgIpc) is 2.00. The summed E-state index contributed by atoms with van der Waals surface area (Å²) >= 11 is 0. The first-order chi connectivity index (χ1) is 6.46. The summed E-state index contributed by atoms with van der Waals surface area (Å²) in [7, 11) is 0. The van der Waals surface area contributed by atoms with Crippen molar-refractivity contribution in [3.63, 3.8) is 0 Å². The lowest BCUT2D eigenvalue weighted by Gasteiger charge is -2.30. The molecule has 0 bridgehead atoms. The summed E-state index contributed by atoms with van der Waals surface area (Å²) in [4.78, 5) is 11.7. The minimum Gasteiger partial charge on any atom is -0.490 e. The van der Waals surface area contributed by atoms with Crippen LogP contribution in [0.25, 0.3) is 0 Å². The second-order valence-corrected chi connectivity index (χ2v) is 4.90. The van der Waals surface area contributed by atoms with Crippen LogP contribution in [0, 0.1) is 5.41 Å². The predicted molar refractivity (Wildman–Crippen MR) is 57.0 cm³/mol. The summed E-state index contributed by atoms with van der Waals surface area (Å²) in [6, 6.07) is 0. The Bertz CT molecular complexity index is 261. The smallest absolute Gasteiger partial charge is 0.197 e. The Balaban J connectivity index is 2.77. The summed E-state index contributed by atoms with van der Waals surface area (Å²) in [6.07, 6.45) is 2.54. The van der Waals surface area contributed by atoms with Gasteiger partial charge >= 0.3 is 0 Å². The van der Waals surface area contributed by atoms with Gasteiger partial charge in [-0.1, -0.05) is 20.8 Å². The first kappa shape index (κ1) is 11.3. The van der Waals surface area contributed by atoms with Crippen molar-refractivity contribution >= 4 is 5.78 Å². The topological polar surface area (TPSA) is 26.3 Å². The highest BCUT2D eigenvalue weighted by atomic mass is 16.5. The van der Waals surface area contributed by atoms with Crippen molar-refractivity contribution in [3.05, 3.63) is 11.3 Å². The summed E-state index contributed by atoms with van der Waals surface area (Å²) in [5.74, 6) is 0.804. The van der Waals surface area contributed by atoms with Crippen molar-refractivity contribution in [2.24, 2.45) is 5.41 Å². The molecule has 0 saturated carbocycles. The molecule has 1 aliphatic carbocycles. The van der Waals surface area contributed by atoms with Gasteiger partial charge in [0.25, 0.3) is 0 Å². The maximum Gasteiger partial charge on any atom is 0.197 e. The number of hydrogen-bond acceptors (Lipinski definition) is 2. The third-order valence-electron chi connectivity index (χ3n) is 2.47. The van der Waals surface area contributed by atoms with E-state index in [1.54, 1.807) is 0 Å². The molecule has 0 N–H and O–H groups in total. The molecule has 0 fully saturated rings. The molecule has 1 rings (SSSR count). The standard InChI is InChI=1S/C12H20O2/c1-5-6-14-11-9(2)7-12(3,4)8-10(11)13/h5-8H2,1-4H3. The van der Waals surface area contributed by atoms with Crippen molar-refractivity contribution in [3.8, 4) is 0 Å². The Kier molecular flexibility index (Phi) is 3.35. The molecule has 2 heteroatoms. The molecular formula is C12H20O2. The minimum absolute atomic E-state index is 0.111. The fraction of sp³-hybridized carbons (Fsp3) is 0.750. The van der Waals surface area contributed by atoms with Gasteiger partial charge in [0.05, 0.1) is 6.61 Å². The number of carbonyl (C=O) groups is 1. The van der Waals surface area contributed by atoms with E-state index in [0.717, 1.165) is 18.4 Å². The Hall–Kier alpha value is -0.790. The number of carbonyl (C=O) groups excluding carboxylic acids is 1. The lowest BCUT2D eigenvalue weighted by Crippen LogP contribution is -2.26. The normalized spacial score (nSPS) is 21.3. The fourth-order valence-electron chi connectivity index (χ4n) is 2.02. The summed E-state index contributed by atoms with van der Waals surface area (Å²) in [5, 5.41) is 0. The van der Waals surface area contributed by atoms with Gasteiger partial charge in [0.1, 0.15) is 0 Å². The zero-order chi connectivity index (χ0) is 10.8. The van der Waals surface area contributed by atoms with Gasteiger partial charge in [0.2, 0.25) is 0 Å². The first-order valence-corrected chi connectivity index (χ1v) is 5.32. The fourth-order valence-corrected chi connectivity index (χ4v) is 2.02. The highest BCUT2D eigenvalue weighted by Gasteiger charge is 2.31. The lowest BCUT2D eigenvalue weighted by atomic mass is 9.76. The Morgan fingerprint density at radius 1 is 1.36 bits per heavy atom. The van der Waals surface area contributed by atoms with E-state index in [0.29, 0.717) is 18.8 Å². The van der Waals surface area contributed by atoms with Crippen LogP contribution in [0.2, 0.25) is 0 Å². The lowest BCUT2D eigenvalue weighted by molar-refractivity contribution is -0.121. The molecule has 1 aliphatic rings. The second-order valence-electron chi connectivity index (χ2n) is 4.90. The van der Waals surface area contributed by atoms with E-state index >= 15 is 0 Å². The Morgan fingerprint density at radius 2 is 2.00 bits per heavy atom. The summed E-state index contributed by atoms with van der Waals surface area (Å²) in [5.41, 5.74) is 1.22. The number of ether oxygens (including phenoxy) is 1. The van der Waals surface area contributed by atoms with Gasteiger partial charge in [-0.15, -0.1) is 0 Å². The largest absolute Gasteiger partial charge is 0.490 e. The maximum absolute atomic E-state index is 11.7. The van der Waals surface area contributed by atoms with Crippen LogP contribution in [-0.2, 0) is 9.53 Å². The molecule has 0 aliphatic heterocycles. The van der Waals surface area contributed by atoms with E-state index < -0.39 is 0 Å². The first-order valence-electron chi connectivity index (χ1n) is 5.32. The summed E-state index contributed by atoms with van der Waals surface area (Å²) in [6.45, 7) is 8.96. The van der Waals surface area contributed by atoms with Gasteiger partial charge in [0.15, 0.2) is 11.5 Å². The van der Waals surface area contributed by atoms with Gasteiger partial charge in [0, 0.05) is 6.42 Å². The molecule has 0 radical (unpaired) electrons. The maximum atomic E-state index is 11.7. The third-order valence-corrected chi connectivity index (χ3v) is 2.47. The molecule has 80 valence electrons. The number of Topliss-reactive ketones (excluding diaryl/α,β-unsaturated/α-hetero) is 1. The highest BCUT2D eigenvalue weighted by Crippen LogP contribution is 2.36. The second kappa shape index (κ2) is 4.16. The van der Waals surface area contributed by atoms with E-state index in [4.69, 9.17) is 4.74 Å². The van der Waals surface area contributed by atoms with Gasteiger partial charge in [-0.2, -0.15) is 0 Å². The van der Waals surface area contributed by atoms with Crippen LogP contribution in [0.1, 0.15) is 47.0 Å². The van der Waals surface area contributed by atoms with Crippen molar-refractivity contribution in [1.29, 1.82) is 0 Å². The third kappa shape index (κ3) is 2.60. The molecule has 0 spiro atoms. The van der Waals surface area contributed by atoms with E-state index in [1.165, 1.54) is 0 Å². The molecule has 0 atom stereocenters. The van der Waals surface area contributed by atoms with Gasteiger partial charge in [-0.3, -0.25) is 4.79 Å². The van der Waals surface area contributed by atoms with E-state index in [1.807, 2.05) is 13.8 Å². The van der Waals surface area contributed by atoms with Gasteiger partial charge in [-0.05, 0) is 30.8 Å². The quantitative estimate of drug-likeness (QED) is 0.693. The van der Waals surface area contributed by atoms with Crippen molar-refractivity contribution < 1.29 is 9.53 Å². The monoisotopic (exact) mass is 196 g/mol. The Labute approximate surface area is 86.3 Å². The van der Waals surface area contributed by atoms with Crippen molar-refractivity contribution in [2.45, 2.75) is 47.0 Å². The SMILES string of the molecule is CCCOC1=C(C)CC(C)(C)CC1=O. The Morgan fingerprint density at radius 3 is 2.50 bits per heavy atom. The van der Waals surface area contributed by atoms with Crippen molar-refractivity contribution in [1.82, 2.24) is 0 Å². The van der Waals surface area contributed by atoms with Crippen LogP contribution >= 0.6 is 0 Å². The van der Waals surface area contributed by atoms with Crippen LogP contribution in [0.15, 0.2) is 11.3 Å². The number of ketones is 1. The molecule has 2 nitrogen and oxygen atoms in total. The number of rotatable bonds is 3. The molecule has 0 amide bonds. The van der Waals surface area contributed by atoms with Crippen LogP contribution in [0.5, 0.6) is 0 Å². The molecule has 0 aromatic carbocycles. The van der Waals surface area contributed by atoms with Crippen LogP contribution in [-0.4, -0.2) is 12.4 Å². The molecule has 14 heavy (non-hydrogen) atoms. The van der Waals surface area contributed by atoms with Crippen LogP contribution in [0.4, 0.5) is 0 Å². The van der Waals surface area contributed by atoms with E-state index in [9.17, 15) is 4.79 Å². The zero-order valence-corrected chi connectivity index (χ0v) is 9.64. The predicted octanol–water partition coefficient (Wildman–Crippen LogP) is 3.08. The van der Waals surface area contributed by atoms with E-state index in [-0.39, 0.29) is 11.2 Å². The van der Waals surface area contributed by atoms with E-state index in [2.05, 4.69) is 13.8 Å².